The number of aromatic nitrogens is 3. The summed E-state index contributed by atoms with van der Waals surface area (Å²) >= 11 is 0. The van der Waals surface area contributed by atoms with Crippen molar-refractivity contribution in [2.75, 3.05) is 0 Å². The summed E-state index contributed by atoms with van der Waals surface area (Å²) < 4.78 is 1.64. The minimum absolute atomic E-state index is 0.536. The Morgan fingerprint density at radius 1 is 1.20 bits per heavy atom. The van der Waals surface area contributed by atoms with Gasteiger partial charge in [-0.3, -0.25) is 0 Å². The van der Waals surface area contributed by atoms with Crippen molar-refractivity contribution in [3.05, 3.63) is 42.5 Å². The van der Waals surface area contributed by atoms with Gasteiger partial charge in [0, 0.05) is 0 Å². The van der Waals surface area contributed by atoms with E-state index in [0.29, 0.717) is 5.82 Å². The third-order valence-electron chi connectivity index (χ3n) is 2.10. The van der Waals surface area contributed by atoms with E-state index < -0.39 is 5.60 Å². The number of benzene rings is 1. The molecule has 1 N–H and O–H groups in total. The Labute approximate surface area is 88.2 Å². The van der Waals surface area contributed by atoms with Crippen LogP contribution >= 0.6 is 0 Å². The monoisotopic (exact) mass is 203 g/mol. The molecule has 1 heterocycles. The maximum atomic E-state index is 9.90. The molecule has 15 heavy (non-hydrogen) atoms. The minimum Gasteiger partial charge on any atom is -0.382 e. The van der Waals surface area contributed by atoms with Crippen LogP contribution in [0.25, 0.3) is 5.69 Å². The van der Waals surface area contributed by atoms with E-state index in [9.17, 15) is 5.11 Å². The second-order valence-electron chi connectivity index (χ2n) is 3.89. The first kappa shape index (κ1) is 9.86. The highest BCUT2D eigenvalue weighted by molar-refractivity contribution is 5.31. The van der Waals surface area contributed by atoms with Gasteiger partial charge >= 0.3 is 0 Å². The lowest BCUT2D eigenvalue weighted by Crippen LogP contribution is -2.22. The molecule has 0 spiro atoms. The highest BCUT2D eigenvalue weighted by atomic mass is 16.3. The summed E-state index contributed by atoms with van der Waals surface area (Å²) in [5.74, 6) is 0.536. The van der Waals surface area contributed by atoms with E-state index >= 15 is 0 Å². The van der Waals surface area contributed by atoms with Crippen LogP contribution in [-0.4, -0.2) is 19.9 Å². The Bertz CT molecular complexity index is 442. The SMILES string of the molecule is CC(C)(O)c1ncnn1-c1ccccc1. The molecule has 0 saturated heterocycles. The summed E-state index contributed by atoms with van der Waals surface area (Å²) in [6.45, 7) is 3.38. The van der Waals surface area contributed by atoms with E-state index in [-0.39, 0.29) is 0 Å². The second-order valence-corrected chi connectivity index (χ2v) is 3.89. The van der Waals surface area contributed by atoms with Crippen LogP contribution in [0.1, 0.15) is 19.7 Å². The number of nitrogens with zero attached hydrogens (tertiary/aromatic N) is 3. The van der Waals surface area contributed by atoms with Gasteiger partial charge in [0.05, 0.1) is 5.69 Å². The first-order valence-electron chi connectivity index (χ1n) is 4.77. The zero-order valence-corrected chi connectivity index (χ0v) is 8.75. The lowest BCUT2D eigenvalue weighted by Gasteiger charge is -2.17. The molecule has 0 bridgehead atoms. The number of para-hydroxylation sites is 1. The highest BCUT2D eigenvalue weighted by Crippen LogP contribution is 2.19. The van der Waals surface area contributed by atoms with Crippen LogP contribution in [0.3, 0.4) is 0 Å². The van der Waals surface area contributed by atoms with Crippen molar-refractivity contribution in [2.45, 2.75) is 19.4 Å². The summed E-state index contributed by atoms with van der Waals surface area (Å²) in [6.07, 6.45) is 1.44. The molecule has 0 radical (unpaired) electrons. The van der Waals surface area contributed by atoms with E-state index in [1.54, 1.807) is 18.5 Å². The van der Waals surface area contributed by atoms with Crippen molar-refractivity contribution >= 4 is 0 Å². The maximum absolute atomic E-state index is 9.90. The molecule has 0 aliphatic carbocycles. The van der Waals surface area contributed by atoms with Crippen LogP contribution in [-0.2, 0) is 5.60 Å². The highest BCUT2D eigenvalue weighted by Gasteiger charge is 2.23. The lowest BCUT2D eigenvalue weighted by atomic mass is 10.1. The summed E-state index contributed by atoms with van der Waals surface area (Å²) in [7, 11) is 0. The molecule has 78 valence electrons. The minimum atomic E-state index is -0.994. The van der Waals surface area contributed by atoms with Crippen molar-refractivity contribution in [3.63, 3.8) is 0 Å². The largest absolute Gasteiger partial charge is 0.382 e. The molecule has 0 unspecified atom stereocenters. The quantitative estimate of drug-likeness (QED) is 0.804. The van der Waals surface area contributed by atoms with Crippen LogP contribution < -0.4 is 0 Å². The predicted octanol–water partition coefficient (Wildman–Crippen LogP) is 1.49. The Hall–Kier alpha value is -1.68. The van der Waals surface area contributed by atoms with Crippen LogP contribution in [0.5, 0.6) is 0 Å². The molecule has 2 rings (SSSR count). The average molecular weight is 203 g/mol. The van der Waals surface area contributed by atoms with Gasteiger partial charge < -0.3 is 5.11 Å². The molecule has 1 aromatic heterocycles. The molecule has 0 fully saturated rings. The van der Waals surface area contributed by atoms with E-state index in [4.69, 9.17) is 0 Å². The van der Waals surface area contributed by atoms with Crippen LogP contribution in [0.2, 0.25) is 0 Å². The van der Waals surface area contributed by atoms with Gasteiger partial charge in [-0.2, -0.15) is 5.10 Å². The van der Waals surface area contributed by atoms with Crippen LogP contribution in [0, 0.1) is 0 Å². The number of aliphatic hydroxyl groups is 1. The Kier molecular flexibility index (Phi) is 2.28. The fraction of sp³-hybridized carbons (Fsp3) is 0.273. The van der Waals surface area contributed by atoms with E-state index in [1.165, 1.54) is 6.33 Å². The number of hydrogen-bond acceptors (Lipinski definition) is 3. The Balaban J connectivity index is 2.51. The molecule has 0 aliphatic heterocycles. The summed E-state index contributed by atoms with van der Waals surface area (Å²) in [5, 5.41) is 14.0. The van der Waals surface area contributed by atoms with E-state index in [1.807, 2.05) is 30.3 Å². The average Bonchev–Trinajstić information content (AvgIpc) is 2.67. The third-order valence-corrected chi connectivity index (χ3v) is 2.10. The van der Waals surface area contributed by atoms with Crippen molar-refractivity contribution in [3.8, 4) is 5.69 Å². The number of rotatable bonds is 2. The molecule has 4 heteroatoms. The maximum Gasteiger partial charge on any atom is 0.163 e. The van der Waals surface area contributed by atoms with Crippen molar-refractivity contribution in [2.24, 2.45) is 0 Å². The molecule has 0 amide bonds. The predicted molar refractivity (Wildman–Crippen MR) is 56.6 cm³/mol. The van der Waals surface area contributed by atoms with Gasteiger partial charge in [0.2, 0.25) is 0 Å². The molecule has 0 atom stereocenters. The van der Waals surface area contributed by atoms with Gasteiger partial charge in [-0.1, -0.05) is 18.2 Å². The number of hydrogen-bond donors (Lipinski definition) is 1. The van der Waals surface area contributed by atoms with Crippen molar-refractivity contribution < 1.29 is 5.11 Å². The van der Waals surface area contributed by atoms with Gasteiger partial charge in [0.15, 0.2) is 5.82 Å². The normalized spacial score (nSPS) is 11.7. The van der Waals surface area contributed by atoms with Crippen molar-refractivity contribution in [1.82, 2.24) is 14.8 Å². The topological polar surface area (TPSA) is 50.9 Å². The first-order chi connectivity index (χ1) is 7.09. The molecule has 0 saturated carbocycles. The van der Waals surface area contributed by atoms with Gasteiger partial charge in [-0.05, 0) is 26.0 Å². The third kappa shape index (κ3) is 1.89. The van der Waals surface area contributed by atoms with Gasteiger partial charge in [0.1, 0.15) is 11.9 Å². The standard InChI is InChI=1S/C11H13N3O/c1-11(2,15)10-12-8-13-14(10)9-6-4-3-5-7-9/h3-8,15H,1-2H3. The first-order valence-corrected chi connectivity index (χ1v) is 4.77. The Morgan fingerprint density at radius 2 is 1.87 bits per heavy atom. The lowest BCUT2D eigenvalue weighted by molar-refractivity contribution is 0.0664. The molecule has 4 nitrogen and oxygen atoms in total. The smallest absolute Gasteiger partial charge is 0.163 e. The molecular formula is C11H13N3O. The van der Waals surface area contributed by atoms with Gasteiger partial charge in [-0.25, -0.2) is 9.67 Å². The fourth-order valence-corrected chi connectivity index (χ4v) is 1.42. The molecular weight excluding hydrogens is 190 g/mol. The Morgan fingerprint density at radius 3 is 2.47 bits per heavy atom. The van der Waals surface area contributed by atoms with E-state index in [0.717, 1.165) is 5.69 Å². The molecule has 2 aromatic rings. The molecule has 1 aromatic carbocycles. The summed E-state index contributed by atoms with van der Waals surface area (Å²) in [5.41, 5.74) is -0.0982. The summed E-state index contributed by atoms with van der Waals surface area (Å²) in [4.78, 5) is 4.07. The zero-order valence-electron chi connectivity index (χ0n) is 8.75. The zero-order chi connectivity index (χ0) is 10.9. The van der Waals surface area contributed by atoms with Crippen LogP contribution in [0.15, 0.2) is 36.7 Å². The van der Waals surface area contributed by atoms with Crippen LogP contribution in [0.4, 0.5) is 0 Å². The van der Waals surface area contributed by atoms with Gasteiger partial charge in [-0.15, -0.1) is 0 Å². The summed E-state index contributed by atoms with van der Waals surface area (Å²) in [6, 6.07) is 9.62. The van der Waals surface area contributed by atoms with Crippen molar-refractivity contribution in [1.29, 1.82) is 0 Å². The van der Waals surface area contributed by atoms with Gasteiger partial charge in [0.25, 0.3) is 0 Å². The fourth-order valence-electron chi connectivity index (χ4n) is 1.42. The van der Waals surface area contributed by atoms with E-state index in [2.05, 4.69) is 10.1 Å². The second kappa shape index (κ2) is 3.47. The molecule has 0 aliphatic rings.